The molecule has 0 spiro atoms. The van der Waals surface area contributed by atoms with Gasteiger partial charge in [0.2, 0.25) is 5.91 Å². The molecule has 1 aliphatic carbocycles. The van der Waals surface area contributed by atoms with Crippen LogP contribution in [0.2, 0.25) is 0 Å². The maximum Gasteiger partial charge on any atom is 0.416 e. The molecule has 5 nitrogen and oxygen atoms in total. The van der Waals surface area contributed by atoms with Gasteiger partial charge in [-0.25, -0.2) is 0 Å². The molecule has 2 N–H and O–H groups in total. The minimum absolute atomic E-state index is 0. The zero-order valence-corrected chi connectivity index (χ0v) is 17.8. The summed E-state index contributed by atoms with van der Waals surface area (Å²) in [5.74, 6) is 0.704. The van der Waals surface area contributed by atoms with Gasteiger partial charge in [0.25, 0.3) is 0 Å². The van der Waals surface area contributed by atoms with Crippen LogP contribution in [-0.2, 0) is 17.5 Å². The van der Waals surface area contributed by atoms with Crippen molar-refractivity contribution in [2.24, 2.45) is 4.99 Å². The molecule has 1 aromatic rings. The zero-order chi connectivity index (χ0) is 19.2. The van der Waals surface area contributed by atoms with Gasteiger partial charge in [0.15, 0.2) is 5.96 Å². The Morgan fingerprint density at radius 1 is 1.26 bits per heavy atom. The van der Waals surface area contributed by atoms with Crippen LogP contribution in [0, 0.1) is 0 Å². The van der Waals surface area contributed by atoms with E-state index in [9.17, 15) is 18.0 Å². The molecule has 0 aliphatic heterocycles. The molecule has 0 unspecified atom stereocenters. The molecular weight excluding hydrogens is 472 g/mol. The lowest BCUT2D eigenvalue weighted by molar-refractivity contribution is -0.137. The van der Waals surface area contributed by atoms with E-state index in [1.54, 1.807) is 7.05 Å². The minimum atomic E-state index is -4.33. The van der Waals surface area contributed by atoms with Crippen LogP contribution in [0.5, 0.6) is 0 Å². The van der Waals surface area contributed by atoms with Crippen LogP contribution in [0.4, 0.5) is 13.2 Å². The number of amides is 1. The van der Waals surface area contributed by atoms with E-state index >= 15 is 0 Å². The average Bonchev–Trinajstić information content (AvgIpc) is 3.38. The van der Waals surface area contributed by atoms with Crippen molar-refractivity contribution in [1.29, 1.82) is 0 Å². The van der Waals surface area contributed by atoms with E-state index in [4.69, 9.17) is 0 Å². The predicted molar refractivity (Wildman–Crippen MR) is 110 cm³/mol. The summed E-state index contributed by atoms with van der Waals surface area (Å²) < 4.78 is 37.8. The second-order valence-electron chi connectivity index (χ2n) is 6.47. The Labute approximate surface area is 174 Å². The van der Waals surface area contributed by atoms with Gasteiger partial charge in [-0.2, -0.15) is 13.2 Å². The van der Waals surface area contributed by atoms with E-state index in [1.807, 2.05) is 11.9 Å². The van der Waals surface area contributed by atoms with Gasteiger partial charge in [0.1, 0.15) is 0 Å². The number of nitrogens with one attached hydrogen (secondary N) is 2. The van der Waals surface area contributed by atoms with Crippen LogP contribution < -0.4 is 10.6 Å². The number of guanidine groups is 1. The minimum Gasteiger partial charge on any atom is -0.356 e. The topological polar surface area (TPSA) is 56.7 Å². The van der Waals surface area contributed by atoms with E-state index in [0.717, 1.165) is 30.5 Å². The fraction of sp³-hybridized carbons (Fsp3) is 0.556. The molecule has 1 saturated carbocycles. The summed E-state index contributed by atoms with van der Waals surface area (Å²) in [6.45, 7) is 1.03. The molecule has 9 heteroatoms. The molecule has 0 heterocycles. The molecule has 1 aliphatic rings. The molecular formula is C18H26F3IN4O. The smallest absolute Gasteiger partial charge is 0.356 e. The summed E-state index contributed by atoms with van der Waals surface area (Å²) in [4.78, 5) is 17.6. The van der Waals surface area contributed by atoms with Gasteiger partial charge in [-0.3, -0.25) is 9.79 Å². The maximum atomic E-state index is 12.6. The number of hydrogen-bond donors (Lipinski definition) is 2. The Kier molecular flexibility index (Phi) is 9.34. The summed E-state index contributed by atoms with van der Waals surface area (Å²) in [7, 11) is 3.46. The molecule has 1 amide bonds. The zero-order valence-electron chi connectivity index (χ0n) is 15.5. The van der Waals surface area contributed by atoms with Crippen molar-refractivity contribution >= 4 is 35.8 Å². The van der Waals surface area contributed by atoms with Crippen LogP contribution in [0.25, 0.3) is 0 Å². The van der Waals surface area contributed by atoms with Gasteiger partial charge in [0, 0.05) is 39.6 Å². The van der Waals surface area contributed by atoms with E-state index in [1.165, 1.54) is 12.1 Å². The third-order valence-electron chi connectivity index (χ3n) is 4.08. The molecule has 152 valence electrons. The van der Waals surface area contributed by atoms with Crippen molar-refractivity contribution in [2.45, 2.75) is 44.4 Å². The first-order valence-corrected chi connectivity index (χ1v) is 8.67. The first-order valence-electron chi connectivity index (χ1n) is 8.67. The van der Waals surface area contributed by atoms with Crippen LogP contribution in [0.1, 0.15) is 36.8 Å². The largest absolute Gasteiger partial charge is 0.416 e. The number of rotatable bonds is 7. The molecule has 1 aromatic carbocycles. The highest BCUT2D eigenvalue weighted by atomic mass is 127. The standard InChI is InChI=1S/C18H25F3N4O.HI/c1-22-17(23-11-3-4-16(26)24-15-9-10-15)25(2)12-13-5-7-14(8-6-13)18(19,20)21;/h5-8,15H,3-4,9-12H2,1-2H3,(H,22,23)(H,24,26);1H. The lowest BCUT2D eigenvalue weighted by Crippen LogP contribution is -2.39. The van der Waals surface area contributed by atoms with Gasteiger partial charge >= 0.3 is 6.18 Å². The number of carbonyl (C=O) groups excluding carboxylic acids is 1. The molecule has 0 saturated heterocycles. The third kappa shape index (κ3) is 8.35. The average molecular weight is 498 g/mol. The fourth-order valence-corrected chi connectivity index (χ4v) is 2.51. The van der Waals surface area contributed by atoms with Crippen molar-refractivity contribution in [3.05, 3.63) is 35.4 Å². The lowest BCUT2D eigenvalue weighted by Gasteiger charge is -2.22. The fourth-order valence-electron chi connectivity index (χ4n) is 2.51. The van der Waals surface area contributed by atoms with E-state index < -0.39 is 11.7 Å². The van der Waals surface area contributed by atoms with Crippen LogP contribution in [0.3, 0.4) is 0 Å². The number of alkyl halides is 3. The molecule has 1 fully saturated rings. The second kappa shape index (κ2) is 10.7. The molecule has 0 aromatic heterocycles. The van der Waals surface area contributed by atoms with E-state index in [2.05, 4.69) is 15.6 Å². The molecule has 0 bridgehead atoms. The Hall–Kier alpha value is -1.52. The summed E-state index contributed by atoms with van der Waals surface area (Å²) >= 11 is 0. The van der Waals surface area contributed by atoms with E-state index in [0.29, 0.717) is 37.9 Å². The first kappa shape index (κ1) is 23.5. The highest BCUT2D eigenvalue weighted by Gasteiger charge is 2.30. The Bertz CT molecular complexity index is 630. The van der Waals surface area contributed by atoms with Gasteiger partial charge in [0.05, 0.1) is 5.56 Å². The highest BCUT2D eigenvalue weighted by Crippen LogP contribution is 2.29. The van der Waals surface area contributed by atoms with E-state index in [-0.39, 0.29) is 29.9 Å². The van der Waals surface area contributed by atoms with Gasteiger partial charge in [-0.1, -0.05) is 12.1 Å². The van der Waals surface area contributed by atoms with Crippen LogP contribution >= 0.6 is 24.0 Å². The first-order chi connectivity index (χ1) is 12.3. The van der Waals surface area contributed by atoms with Crippen molar-refractivity contribution in [1.82, 2.24) is 15.5 Å². The normalized spacial score (nSPS) is 14.3. The lowest BCUT2D eigenvalue weighted by atomic mass is 10.1. The summed E-state index contributed by atoms with van der Waals surface area (Å²) in [5, 5.41) is 6.10. The number of halogens is 4. The number of nitrogens with zero attached hydrogens (tertiary/aromatic N) is 2. The van der Waals surface area contributed by atoms with Gasteiger partial charge in [-0.15, -0.1) is 24.0 Å². The highest BCUT2D eigenvalue weighted by molar-refractivity contribution is 14.0. The predicted octanol–water partition coefficient (Wildman–Crippen LogP) is 3.39. The summed E-state index contributed by atoms with van der Waals surface area (Å²) in [6.07, 6.45) is -1.03. The van der Waals surface area contributed by atoms with Gasteiger partial charge in [-0.05, 0) is 37.0 Å². The summed E-state index contributed by atoms with van der Waals surface area (Å²) in [6, 6.07) is 5.47. The van der Waals surface area contributed by atoms with Crippen molar-refractivity contribution in [3.63, 3.8) is 0 Å². The molecule has 2 rings (SSSR count). The SMILES string of the molecule is CN=C(NCCCC(=O)NC1CC1)N(C)Cc1ccc(C(F)(F)F)cc1.I. The van der Waals surface area contributed by atoms with Crippen molar-refractivity contribution < 1.29 is 18.0 Å². The molecule has 0 radical (unpaired) electrons. The number of aliphatic imine (C=N–C) groups is 1. The number of carbonyl (C=O) groups is 1. The third-order valence-corrected chi connectivity index (χ3v) is 4.08. The monoisotopic (exact) mass is 498 g/mol. The molecule has 27 heavy (non-hydrogen) atoms. The van der Waals surface area contributed by atoms with Gasteiger partial charge < -0.3 is 15.5 Å². The summed E-state index contributed by atoms with van der Waals surface area (Å²) in [5.41, 5.74) is 0.100. The quantitative estimate of drug-likeness (QED) is 0.263. The Morgan fingerprint density at radius 2 is 1.89 bits per heavy atom. The Morgan fingerprint density at radius 3 is 2.41 bits per heavy atom. The maximum absolute atomic E-state index is 12.6. The van der Waals surface area contributed by atoms with Crippen molar-refractivity contribution in [3.8, 4) is 0 Å². The second-order valence-corrected chi connectivity index (χ2v) is 6.47. The molecule has 0 atom stereocenters. The number of hydrogen-bond acceptors (Lipinski definition) is 2. The van der Waals surface area contributed by atoms with Crippen molar-refractivity contribution in [2.75, 3.05) is 20.6 Å². The van der Waals surface area contributed by atoms with Crippen LogP contribution in [0.15, 0.2) is 29.3 Å². The number of benzene rings is 1. The Balaban J connectivity index is 0.00000364. The van der Waals surface area contributed by atoms with Crippen LogP contribution in [-0.4, -0.2) is 43.4 Å².